The summed E-state index contributed by atoms with van der Waals surface area (Å²) in [7, 11) is 0. The smallest absolute Gasteiger partial charge is 0.126 e. The van der Waals surface area contributed by atoms with E-state index in [-0.39, 0.29) is 0 Å². The second-order valence-electron chi connectivity index (χ2n) is 2.32. The molecular formula is C8H10N2OS. The van der Waals surface area contributed by atoms with Crippen LogP contribution in [-0.2, 0) is 0 Å². The van der Waals surface area contributed by atoms with Gasteiger partial charge in [0.2, 0.25) is 0 Å². The molecule has 64 valence electrons. The van der Waals surface area contributed by atoms with E-state index in [9.17, 15) is 0 Å². The molecule has 0 fully saturated rings. The predicted octanol–water partition coefficient (Wildman–Crippen LogP) is 2.43. The summed E-state index contributed by atoms with van der Waals surface area (Å²) < 4.78 is 8.33. The number of hydrogen-bond acceptors (Lipinski definition) is 4. The van der Waals surface area contributed by atoms with E-state index in [0.29, 0.717) is 0 Å². The minimum Gasteiger partial charge on any atom is -0.365 e. The highest BCUT2D eigenvalue weighted by Crippen LogP contribution is 1.98. The number of aromatic nitrogens is 2. The Kier molecular flexibility index (Phi) is 3.47. The SMILES string of the molecule is Cc1ccns1.Cc1cnoc1. The first-order valence-electron chi connectivity index (χ1n) is 3.52. The maximum atomic E-state index is 4.46. The third-order valence-electron chi connectivity index (χ3n) is 1.12. The van der Waals surface area contributed by atoms with Crippen LogP contribution in [0.5, 0.6) is 0 Å². The quantitative estimate of drug-likeness (QED) is 0.628. The van der Waals surface area contributed by atoms with Crippen molar-refractivity contribution in [2.24, 2.45) is 0 Å². The lowest BCUT2D eigenvalue weighted by Gasteiger charge is -1.63. The fourth-order valence-electron chi connectivity index (χ4n) is 0.537. The molecule has 0 aliphatic carbocycles. The van der Waals surface area contributed by atoms with Gasteiger partial charge >= 0.3 is 0 Å². The predicted molar refractivity (Wildman–Crippen MR) is 48.1 cm³/mol. The minimum absolute atomic E-state index is 1.06. The molecule has 0 saturated heterocycles. The Labute approximate surface area is 75.2 Å². The van der Waals surface area contributed by atoms with Gasteiger partial charge in [-0.3, -0.25) is 0 Å². The summed E-state index contributed by atoms with van der Waals surface area (Å²) in [6, 6.07) is 1.99. The summed E-state index contributed by atoms with van der Waals surface area (Å²) in [6.45, 7) is 3.97. The van der Waals surface area contributed by atoms with E-state index in [1.807, 2.05) is 19.9 Å². The van der Waals surface area contributed by atoms with Crippen molar-refractivity contribution in [2.45, 2.75) is 13.8 Å². The van der Waals surface area contributed by atoms with E-state index in [2.05, 4.69) is 14.1 Å². The molecule has 0 spiro atoms. The Morgan fingerprint density at radius 1 is 1.42 bits per heavy atom. The summed E-state index contributed by atoms with van der Waals surface area (Å²) in [5.41, 5.74) is 1.06. The Morgan fingerprint density at radius 3 is 2.42 bits per heavy atom. The van der Waals surface area contributed by atoms with Crippen LogP contribution in [0.25, 0.3) is 0 Å². The van der Waals surface area contributed by atoms with Crippen molar-refractivity contribution >= 4 is 11.5 Å². The molecule has 0 aliphatic heterocycles. The van der Waals surface area contributed by atoms with Gasteiger partial charge in [-0.05, 0) is 31.4 Å². The lowest BCUT2D eigenvalue weighted by atomic mass is 10.4. The van der Waals surface area contributed by atoms with Gasteiger partial charge in [0.15, 0.2) is 0 Å². The van der Waals surface area contributed by atoms with Crippen LogP contribution in [-0.4, -0.2) is 9.53 Å². The van der Waals surface area contributed by atoms with Gasteiger partial charge in [0.05, 0.1) is 6.20 Å². The molecule has 0 aromatic carbocycles. The van der Waals surface area contributed by atoms with E-state index in [0.717, 1.165) is 5.56 Å². The Balaban J connectivity index is 0.000000120. The van der Waals surface area contributed by atoms with Crippen LogP contribution in [0.3, 0.4) is 0 Å². The van der Waals surface area contributed by atoms with E-state index < -0.39 is 0 Å². The van der Waals surface area contributed by atoms with E-state index in [1.165, 1.54) is 16.4 Å². The van der Waals surface area contributed by atoms with Gasteiger partial charge in [0, 0.05) is 16.6 Å². The minimum atomic E-state index is 1.06. The molecule has 4 heteroatoms. The van der Waals surface area contributed by atoms with Gasteiger partial charge in [-0.1, -0.05) is 5.16 Å². The van der Waals surface area contributed by atoms with Gasteiger partial charge in [-0.15, -0.1) is 0 Å². The highest BCUT2D eigenvalue weighted by Gasteiger charge is 1.78. The lowest BCUT2D eigenvalue weighted by molar-refractivity contribution is 0.419. The number of hydrogen-bond donors (Lipinski definition) is 0. The van der Waals surface area contributed by atoms with Crippen LogP contribution in [0.2, 0.25) is 0 Å². The summed E-state index contributed by atoms with van der Waals surface area (Å²) in [5, 5.41) is 3.45. The van der Waals surface area contributed by atoms with Gasteiger partial charge in [0.25, 0.3) is 0 Å². The average Bonchev–Trinajstić information content (AvgIpc) is 2.63. The number of aryl methyl sites for hydroxylation is 2. The zero-order chi connectivity index (χ0) is 8.81. The largest absolute Gasteiger partial charge is 0.365 e. The van der Waals surface area contributed by atoms with Crippen LogP contribution < -0.4 is 0 Å². The van der Waals surface area contributed by atoms with Crippen LogP contribution in [0.1, 0.15) is 10.4 Å². The second-order valence-corrected chi connectivity index (χ2v) is 3.36. The summed E-state index contributed by atoms with van der Waals surface area (Å²) in [6.07, 6.45) is 5.07. The first-order chi connectivity index (χ1) is 5.79. The molecule has 3 nitrogen and oxygen atoms in total. The fourth-order valence-corrected chi connectivity index (χ4v) is 0.947. The molecule has 0 N–H and O–H groups in total. The molecule has 0 saturated carbocycles. The van der Waals surface area contributed by atoms with E-state index >= 15 is 0 Å². The first-order valence-corrected chi connectivity index (χ1v) is 4.29. The Bertz CT molecular complexity index is 256. The monoisotopic (exact) mass is 182 g/mol. The Morgan fingerprint density at radius 2 is 2.25 bits per heavy atom. The normalized spacial score (nSPS) is 8.83. The molecule has 0 radical (unpaired) electrons. The Hall–Kier alpha value is -1.16. The third kappa shape index (κ3) is 3.30. The molecule has 0 bridgehead atoms. The molecule has 2 rings (SSSR count). The van der Waals surface area contributed by atoms with Gasteiger partial charge < -0.3 is 4.52 Å². The molecule has 0 aliphatic rings. The zero-order valence-electron chi connectivity index (χ0n) is 7.02. The molecule has 0 amide bonds. The second kappa shape index (κ2) is 4.66. The van der Waals surface area contributed by atoms with Crippen LogP contribution in [0, 0.1) is 13.8 Å². The molecule has 2 heterocycles. The van der Waals surface area contributed by atoms with E-state index in [4.69, 9.17) is 0 Å². The molecule has 2 aromatic heterocycles. The number of rotatable bonds is 0. The van der Waals surface area contributed by atoms with Crippen molar-refractivity contribution in [3.05, 3.63) is 35.2 Å². The van der Waals surface area contributed by atoms with Crippen LogP contribution in [0.4, 0.5) is 0 Å². The number of nitrogens with zero attached hydrogens (tertiary/aromatic N) is 2. The topological polar surface area (TPSA) is 38.9 Å². The van der Waals surface area contributed by atoms with Crippen molar-refractivity contribution in [3.8, 4) is 0 Å². The third-order valence-corrected chi connectivity index (χ3v) is 1.77. The molecule has 0 unspecified atom stereocenters. The molecule has 12 heavy (non-hydrogen) atoms. The maximum Gasteiger partial charge on any atom is 0.126 e. The highest BCUT2D eigenvalue weighted by atomic mass is 32.1. The summed E-state index contributed by atoms with van der Waals surface area (Å²) in [5.74, 6) is 0. The fraction of sp³-hybridized carbons (Fsp3) is 0.250. The van der Waals surface area contributed by atoms with Gasteiger partial charge in [-0.2, -0.15) is 0 Å². The molecule has 2 aromatic rings. The summed E-state index contributed by atoms with van der Waals surface area (Å²) in [4.78, 5) is 1.27. The maximum absolute atomic E-state index is 4.46. The highest BCUT2D eigenvalue weighted by molar-refractivity contribution is 7.05. The van der Waals surface area contributed by atoms with E-state index in [1.54, 1.807) is 18.7 Å². The van der Waals surface area contributed by atoms with Crippen molar-refractivity contribution in [3.63, 3.8) is 0 Å². The standard InChI is InChI=1S/C4H5NO.C4H5NS/c1-4-2-5-6-3-4;1-4-2-3-5-6-4/h2*2-3H,1H3. The average molecular weight is 182 g/mol. The van der Waals surface area contributed by atoms with Crippen molar-refractivity contribution < 1.29 is 4.52 Å². The van der Waals surface area contributed by atoms with Gasteiger partial charge in [-0.25, -0.2) is 4.37 Å². The first kappa shape index (κ1) is 8.93. The summed E-state index contributed by atoms with van der Waals surface area (Å²) >= 11 is 1.53. The van der Waals surface area contributed by atoms with Crippen LogP contribution in [0.15, 0.2) is 29.2 Å². The van der Waals surface area contributed by atoms with Gasteiger partial charge in [0.1, 0.15) is 6.26 Å². The van der Waals surface area contributed by atoms with Crippen molar-refractivity contribution in [1.82, 2.24) is 9.53 Å². The van der Waals surface area contributed by atoms with Crippen molar-refractivity contribution in [2.75, 3.05) is 0 Å². The molecule has 0 atom stereocenters. The van der Waals surface area contributed by atoms with Crippen molar-refractivity contribution in [1.29, 1.82) is 0 Å². The zero-order valence-corrected chi connectivity index (χ0v) is 7.84. The van der Waals surface area contributed by atoms with Crippen LogP contribution >= 0.6 is 11.5 Å². The lowest BCUT2D eigenvalue weighted by Crippen LogP contribution is -1.50. The molecular weight excluding hydrogens is 172 g/mol.